The molecule has 0 bridgehead atoms. The molecule has 0 amide bonds. The molecular formula is C8H16ClNO. The summed E-state index contributed by atoms with van der Waals surface area (Å²) in [7, 11) is 0. The Morgan fingerprint density at radius 1 is 1.36 bits per heavy atom. The predicted octanol–water partition coefficient (Wildman–Crippen LogP) is 1.54. The molecule has 0 aromatic heterocycles. The molecule has 1 aliphatic carbocycles. The van der Waals surface area contributed by atoms with Crippen molar-refractivity contribution in [2.24, 2.45) is 5.92 Å². The van der Waals surface area contributed by atoms with E-state index in [-0.39, 0.29) is 12.4 Å². The molecule has 1 N–H and O–H groups in total. The fraction of sp³-hybridized carbons (Fsp3) is 1.00. The maximum atomic E-state index is 5.56. The average molecular weight is 178 g/mol. The van der Waals surface area contributed by atoms with Gasteiger partial charge in [-0.2, -0.15) is 0 Å². The molecule has 1 saturated heterocycles. The normalized spacial score (nSPS) is 37.9. The zero-order valence-electron chi connectivity index (χ0n) is 6.88. The van der Waals surface area contributed by atoms with E-state index in [1.54, 1.807) is 0 Å². The van der Waals surface area contributed by atoms with Gasteiger partial charge in [-0.15, -0.1) is 12.4 Å². The highest BCUT2D eigenvalue weighted by Gasteiger charge is 2.32. The summed E-state index contributed by atoms with van der Waals surface area (Å²) >= 11 is 0. The van der Waals surface area contributed by atoms with Gasteiger partial charge in [0.15, 0.2) is 0 Å². The van der Waals surface area contributed by atoms with Crippen molar-refractivity contribution in [1.82, 2.24) is 5.32 Å². The Labute approximate surface area is 74.1 Å². The van der Waals surface area contributed by atoms with E-state index >= 15 is 0 Å². The monoisotopic (exact) mass is 177 g/mol. The van der Waals surface area contributed by atoms with Crippen molar-refractivity contribution in [3.63, 3.8) is 0 Å². The standard InChI is InChI=1S/C8H15NO.ClH/c1-6-5-10-8(9-6)7-3-2-4-7;/h6-9H,2-5H2,1H3;1H. The Morgan fingerprint density at radius 2 is 2.09 bits per heavy atom. The summed E-state index contributed by atoms with van der Waals surface area (Å²) < 4.78 is 5.56. The van der Waals surface area contributed by atoms with Gasteiger partial charge in [-0.25, -0.2) is 0 Å². The van der Waals surface area contributed by atoms with Crippen LogP contribution in [0.3, 0.4) is 0 Å². The van der Waals surface area contributed by atoms with E-state index in [2.05, 4.69) is 12.2 Å². The molecule has 0 spiro atoms. The van der Waals surface area contributed by atoms with Gasteiger partial charge in [0.1, 0.15) is 6.23 Å². The Morgan fingerprint density at radius 3 is 2.45 bits per heavy atom. The molecule has 0 aromatic carbocycles. The van der Waals surface area contributed by atoms with E-state index in [9.17, 15) is 0 Å². The van der Waals surface area contributed by atoms with Crippen molar-refractivity contribution in [1.29, 1.82) is 0 Å². The molecule has 1 aliphatic heterocycles. The largest absolute Gasteiger partial charge is 0.361 e. The molecule has 1 heterocycles. The third kappa shape index (κ3) is 1.86. The molecule has 2 atom stereocenters. The molecule has 2 nitrogen and oxygen atoms in total. The minimum atomic E-state index is 0. The second-order valence-electron chi connectivity index (χ2n) is 3.51. The predicted molar refractivity (Wildman–Crippen MR) is 46.9 cm³/mol. The molecule has 3 heteroatoms. The van der Waals surface area contributed by atoms with E-state index in [0.29, 0.717) is 12.3 Å². The molecule has 11 heavy (non-hydrogen) atoms. The summed E-state index contributed by atoms with van der Waals surface area (Å²) in [4.78, 5) is 0. The van der Waals surface area contributed by atoms with Gasteiger partial charge in [0.2, 0.25) is 0 Å². The van der Waals surface area contributed by atoms with Crippen molar-refractivity contribution in [3.05, 3.63) is 0 Å². The molecule has 1 saturated carbocycles. The average Bonchev–Trinajstić information content (AvgIpc) is 2.10. The van der Waals surface area contributed by atoms with Crippen LogP contribution in [0.2, 0.25) is 0 Å². The first-order chi connectivity index (χ1) is 4.86. The molecular weight excluding hydrogens is 162 g/mol. The molecule has 2 unspecified atom stereocenters. The summed E-state index contributed by atoms with van der Waals surface area (Å²) in [5.74, 6) is 0.824. The van der Waals surface area contributed by atoms with Crippen LogP contribution in [0.4, 0.5) is 0 Å². The molecule has 0 aromatic rings. The van der Waals surface area contributed by atoms with E-state index in [4.69, 9.17) is 4.74 Å². The van der Waals surface area contributed by atoms with Crippen molar-refractivity contribution in [3.8, 4) is 0 Å². The lowest BCUT2D eigenvalue weighted by Gasteiger charge is -2.30. The zero-order valence-corrected chi connectivity index (χ0v) is 7.69. The quantitative estimate of drug-likeness (QED) is 0.656. The summed E-state index contributed by atoms with van der Waals surface area (Å²) in [6, 6.07) is 0.575. The first-order valence-electron chi connectivity index (χ1n) is 4.24. The molecule has 2 rings (SSSR count). The number of nitrogens with one attached hydrogen (secondary N) is 1. The zero-order chi connectivity index (χ0) is 6.97. The maximum Gasteiger partial charge on any atom is 0.111 e. The third-order valence-electron chi connectivity index (χ3n) is 2.55. The number of rotatable bonds is 1. The van der Waals surface area contributed by atoms with E-state index in [1.165, 1.54) is 19.3 Å². The lowest BCUT2D eigenvalue weighted by atomic mass is 9.84. The summed E-state index contributed by atoms with van der Waals surface area (Å²) in [5, 5.41) is 3.43. The Balaban J connectivity index is 0.000000605. The van der Waals surface area contributed by atoms with Crippen LogP contribution < -0.4 is 5.32 Å². The number of hydrogen-bond acceptors (Lipinski definition) is 2. The number of hydrogen-bond donors (Lipinski definition) is 1. The van der Waals surface area contributed by atoms with Crippen LogP contribution in [-0.4, -0.2) is 18.9 Å². The summed E-state index contributed by atoms with van der Waals surface area (Å²) in [5.41, 5.74) is 0. The Bertz CT molecular complexity index is 127. The highest BCUT2D eigenvalue weighted by Crippen LogP contribution is 2.31. The van der Waals surface area contributed by atoms with Gasteiger partial charge < -0.3 is 4.74 Å². The maximum absolute atomic E-state index is 5.56. The minimum Gasteiger partial charge on any atom is -0.361 e. The van der Waals surface area contributed by atoms with E-state index < -0.39 is 0 Å². The van der Waals surface area contributed by atoms with Crippen LogP contribution >= 0.6 is 12.4 Å². The van der Waals surface area contributed by atoms with Crippen LogP contribution in [0.15, 0.2) is 0 Å². The van der Waals surface area contributed by atoms with Crippen LogP contribution in [0.25, 0.3) is 0 Å². The SMILES string of the molecule is CC1COC(C2CCC2)N1.Cl. The minimum absolute atomic E-state index is 0. The first-order valence-corrected chi connectivity index (χ1v) is 4.24. The van der Waals surface area contributed by atoms with E-state index in [0.717, 1.165) is 12.5 Å². The van der Waals surface area contributed by atoms with Gasteiger partial charge in [-0.05, 0) is 25.7 Å². The lowest BCUT2D eigenvalue weighted by molar-refractivity contribution is 0.0198. The highest BCUT2D eigenvalue weighted by molar-refractivity contribution is 5.85. The van der Waals surface area contributed by atoms with Gasteiger partial charge in [0, 0.05) is 6.04 Å². The smallest absolute Gasteiger partial charge is 0.111 e. The van der Waals surface area contributed by atoms with Gasteiger partial charge >= 0.3 is 0 Å². The Hall–Kier alpha value is 0.210. The van der Waals surface area contributed by atoms with Gasteiger partial charge in [0.05, 0.1) is 6.61 Å². The lowest BCUT2D eigenvalue weighted by Crippen LogP contribution is -2.37. The van der Waals surface area contributed by atoms with Crippen LogP contribution in [0.1, 0.15) is 26.2 Å². The second-order valence-corrected chi connectivity index (χ2v) is 3.51. The van der Waals surface area contributed by atoms with Crippen LogP contribution in [0, 0.1) is 5.92 Å². The van der Waals surface area contributed by atoms with Crippen molar-refractivity contribution in [2.45, 2.75) is 38.5 Å². The molecule has 2 fully saturated rings. The van der Waals surface area contributed by atoms with Gasteiger partial charge in [-0.1, -0.05) is 6.42 Å². The highest BCUT2D eigenvalue weighted by atomic mass is 35.5. The molecule has 66 valence electrons. The number of ether oxygens (including phenoxy) is 1. The molecule has 2 aliphatic rings. The second kappa shape index (κ2) is 3.74. The van der Waals surface area contributed by atoms with Crippen molar-refractivity contribution in [2.75, 3.05) is 6.61 Å². The topological polar surface area (TPSA) is 21.3 Å². The molecule has 0 radical (unpaired) electrons. The van der Waals surface area contributed by atoms with Gasteiger partial charge in [0.25, 0.3) is 0 Å². The fourth-order valence-corrected chi connectivity index (χ4v) is 1.64. The third-order valence-corrected chi connectivity index (χ3v) is 2.55. The van der Waals surface area contributed by atoms with Gasteiger partial charge in [-0.3, -0.25) is 5.32 Å². The van der Waals surface area contributed by atoms with Crippen molar-refractivity contribution >= 4 is 12.4 Å². The summed E-state index contributed by atoms with van der Waals surface area (Å²) in [6.45, 7) is 3.08. The van der Waals surface area contributed by atoms with Crippen LogP contribution in [-0.2, 0) is 4.74 Å². The van der Waals surface area contributed by atoms with E-state index in [1.807, 2.05) is 0 Å². The first kappa shape index (κ1) is 9.30. The van der Waals surface area contributed by atoms with Crippen LogP contribution in [0.5, 0.6) is 0 Å². The summed E-state index contributed by atoms with van der Waals surface area (Å²) in [6.07, 6.45) is 4.53. The van der Waals surface area contributed by atoms with Crippen molar-refractivity contribution < 1.29 is 4.74 Å². The number of halogens is 1. The Kier molecular flexibility index (Phi) is 3.16. The fourth-order valence-electron chi connectivity index (χ4n) is 1.64.